The van der Waals surface area contributed by atoms with Crippen molar-refractivity contribution >= 4 is 5.97 Å². The van der Waals surface area contributed by atoms with Gasteiger partial charge < -0.3 is 14.6 Å². The predicted molar refractivity (Wildman–Crippen MR) is 223 cm³/mol. The van der Waals surface area contributed by atoms with Crippen molar-refractivity contribution in [2.75, 3.05) is 19.8 Å². The monoisotopic (exact) mass is 699 g/mol. The van der Waals surface area contributed by atoms with Crippen molar-refractivity contribution in [1.82, 2.24) is 0 Å². The molecular weight excluding hydrogens is 629 g/mol. The van der Waals surface area contributed by atoms with Crippen molar-refractivity contribution < 1.29 is 19.4 Å². The van der Waals surface area contributed by atoms with Crippen LogP contribution in [-0.4, -0.2) is 37.0 Å². The van der Waals surface area contributed by atoms with Crippen LogP contribution in [0.2, 0.25) is 0 Å². The van der Waals surface area contributed by atoms with E-state index in [-0.39, 0.29) is 19.2 Å². The Labute approximate surface area is 312 Å². The molecule has 0 spiro atoms. The fraction of sp³-hybridized carbons (Fsp3) is 0.468. The molecule has 0 saturated carbocycles. The number of carbonyl (C=O) groups excluding carboxylic acids is 1. The number of rotatable bonds is 33. The summed E-state index contributed by atoms with van der Waals surface area (Å²) in [6.07, 6.45) is 66.3. The maximum atomic E-state index is 12.1. The lowest BCUT2D eigenvalue weighted by molar-refractivity contribution is -0.154. The number of aliphatic hydroxyl groups excluding tert-OH is 1. The van der Waals surface area contributed by atoms with E-state index >= 15 is 0 Å². The van der Waals surface area contributed by atoms with E-state index in [1.54, 1.807) is 0 Å². The molecule has 1 atom stereocenters. The molecule has 0 aromatic carbocycles. The zero-order valence-corrected chi connectivity index (χ0v) is 32.0. The maximum Gasteiger partial charge on any atom is 0.306 e. The highest BCUT2D eigenvalue weighted by Crippen LogP contribution is 2.03. The summed E-state index contributed by atoms with van der Waals surface area (Å²) in [5.74, 6) is -0.310. The normalized spacial score (nSPS) is 14.0. The molecular formula is C47H70O4. The highest BCUT2D eigenvalue weighted by molar-refractivity contribution is 5.69. The summed E-state index contributed by atoms with van der Waals surface area (Å²) < 4.78 is 11.0. The van der Waals surface area contributed by atoms with Gasteiger partial charge >= 0.3 is 5.97 Å². The Morgan fingerprint density at radius 2 is 0.784 bits per heavy atom. The molecule has 0 aromatic rings. The van der Waals surface area contributed by atoms with Gasteiger partial charge in [-0.05, 0) is 96.3 Å². The standard InChI is InChI=1S/C47H70O4/c1-3-5-7-9-11-13-15-17-19-21-23-25-27-29-31-33-35-37-39-41-43-50-45-46(44-48)51-47(49)42-40-38-36-34-32-30-28-26-24-22-20-18-16-14-12-10-8-6-4-2/h5-8,11-14,17-20,23-26,29-32,35-38,46,48H,3-4,9-10,15-16,21-22,27-28,33-34,39-45H2,1-2H3/b7-5-,8-6-,13-11-,14-12-,19-17-,20-18-,25-23-,26-24-,31-29-,32-30-,37-35-,38-36-. The lowest BCUT2D eigenvalue weighted by Gasteiger charge is -2.15. The molecule has 4 heteroatoms. The minimum atomic E-state index is -0.617. The van der Waals surface area contributed by atoms with Crippen LogP contribution < -0.4 is 0 Å². The number of esters is 1. The molecule has 1 N–H and O–H groups in total. The highest BCUT2D eigenvalue weighted by atomic mass is 16.6. The van der Waals surface area contributed by atoms with Crippen LogP contribution in [0.1, 0.15) is 117 Å². The molecule has 0 aliphatic carbocycles. The SMILES string of the molecule is CC/C=C\C/C=C\C/C=C\C/C=C\C/C=C\C/C=C\CCCOCC(CO)OC(=O)CC/C=C\C/C=C\C/C=C\C/C=C\C/C=C\C/C=C\CC. The first-order valence-electron chi connectivity index (χ1n) is 19.4. The van der Waals surface area contributed by atoms with Crippen LogP contribution >= 0.6 is 0 Å². The number of aliphatic hydroxyl groups is 1. The van der Waals surface area contributed by atoms with Crippen molar-refractivity contribution in [2.45, 2.75) is 123 Å². The van der Waals surface area contributed by atoms with Crippen LogP contribution in [0.15, 0.2) is 146 Å². The topological polar surface area (TPSA) is 55.8 Å². The molecule has 0 aliphatic heterocycles. The second-order valence-electron chi connectivity index (χ2n) is 11.9. The summed E-state index contributed by atoms with van der Waals surface area (Å²) in [6, 6.07) is 0. The molecule has 4 nitrogen and oxygen atoms in total. The van der Waals surface area contributed by atoms with Gasteiger partial charge in [0.1, 0.15) is 6.10 Å². The number of ether oxygens (including phenoxy) is 2. The van der Waals surface area contributed by atoms with Crippen LogP contribution in [0.25, 0.3) is 0 Å². The van der Waals surface area contributed by atoms with E-state index in [0.717, 1.165) is 89.9 Å². The minimum absolute atomic E-state index is 0.214. The highest BCUT2D eigenvalue weighted by Gasteiger charge is 2.13. The fourth-order valence-corrected chi connectivity index (χ4v) is 4.37. The number of allylic oxidation sites excluding steroid dienone is 24. The Hall–Kier alpha value is -3.73. The summed E-state index contributed by atoms with van der Waals surface area (Å²) >= 11 is 0. The first-order chi connectivity index (χ1) is 25.2. The summed E-state index contributed by atoms with van der Waals surface area (Å²) in [5.41, 5.74) is 0. The van der Waals surface area contributed by atoms with Gasteiger partial charge in [0.25, 0.3) is 0 Å². The third-order valence-electron chi connectivity index (χ3n) is 7.17. The third-order valence-corrected chi connectivity index (χ3v) is 7.17. The van der Waals surface area contributed by atoms with Crippen LogP contribution in [0, 0.1) is 0 Å². The summed E-state index contributed by atoms with van der Waals surface area (Å²) in [7, 11) is 0. The van der Waals surface area contributed by atoms with E-state index in [2.05, 4.69) is 154 Å². The molecule has 0 amide bonds. The summed E-state index contributed by atoms with van der Waals surface area (Å²) in [4.78, 5) is 12.1. The Morgan fingerprint density at radius 1 is 0.471 bits per heavy atom. The molecule has 0 rings (SSSR count). The number of carbonyl (C=O) groups is 1. The Morgan fingerprint density at radius 3 is 1.12 bits per heavy atom. The quantitative estimate of drug-likeness (QED) is 0.0421. The molecule has 0 aromatic heterocycles. The molecule has 1 unspecified atom stereocenters. The van der Waals surface area contributed by atoms with E-state index in [1.165, 1.54) is 0 Å². The van der Waals surface area contributed by atoms with Crippen molar-refractivity contribution in [3.05, 3.63) is 146 Å². The van der Waals surface area contributed by atoms with Gasteiger partial charge in [0.2, 0.25) is 0 Å². The second kappa shape index (κ2) is 42.4. The summed E-state index contributed by atoms with van der Waals surface area (Å²) in [5, 5.41) is 9.56. The smallest absolute Gasteiger partial charge is 0.306 e. The Kier molecular flexibility index (Phi) is 39.3. The molecule has 0 bridgehead atoms. The number of hydrogen-bond donors (Lipinski definition) is 1. The molecule has 0 fully saturated rings. The predicted octanol–water partition coefficient (Wildman–Crippen LogP) is 12.9. The van der Waals surface area contributed by atoms with Gasteiger partial charge in [0, 0.05) is 13.0 Å². The van der Waals surface area contributed by atoms with Crippen molar-refractivity contribution in [2.24, 2.45) is 0 Å². The second-order valence-corrected chi connectivity index (χ2v) is 11.9. The van der Waals surface area contributed by atoms with Crippen molar-refractivity contribution in [1.29, 1.82) is 0 Å². The van der Waals surface area contributed by atoms with Crippen LogP contribution in [-0.2, 0) is 14.3 Å². The zero-order valence-electron chi connectivity index (χ0n) is 32.0. The molecule has 0 aliphatic rings. The van der Waals surface area contributed by atoms with Gasteiger partial charge in [-0.15, -0.1) is 0 Å². The van der Waals surface area contributed by atoms with E-state index in [0.29, 0.717) is 19.4 Å². The van der Waals surface area contributed by atoms with Gasteiger partial charge in [-0.1, -0.05) is 160 Å². The van der Waals surface area contributed by atoms with E-state index in [9.17, 15) is 9.90 Å². The van der Waals surface area contributed by atoms with Gasteiger partial charge in [0.05, 0.1) is 13.2 Å². The van der Waals surface area contributed by atoms with Crippen LogP contribution in [0.5, 0.6) is 0 Å². The summed E-state index contributed by atoms with van der Waals surface area (Å²) in [6.45, 7) is 4.85. The van der Waals surface area contributed by atoms with Crippen molar-refractivity contribution in [3.8, 4) is 0 Å². The van der Waals surface area contributed by atoms with Gasteiger partial charge in [-0.3, -0.25) is 4.79 Å². The fourth-order valence-electron chi connectivity index (χ4n) is 4.37. The van der Waals surface area contributed by atoms with Crippen LogP contribution in [0.3, 0.4) is 0 Å². The Bertz CT molecular complexity index is 1140. The Balaban J connectivity index is 3.76. The first kappa shape index (κ1) is 47.3. The average Bonchev–Trinajstić information content (AvgIpc) is 3.14. The zero-order chi connectivity index (χ0) is 37.0. The van der Waals surface area contributed by atoms with E-state index in [4.69, 9.17) is 9.47 Å². The van der Waals surface area contributed by atoms with Gasteiger partial charge in [-0.2, -0.15) is 0 Å². The maximum absolute atomic E-state index is 12.1. The minimum Gasteiger partial charge on any atom is -0.457 e. The molecule has 282 valence electrons. The lowest BCUT2D eigenvalue weighted by Crippen LogP contribution is -2.27. The van der Waals surface area contributed by atoms with E-state index in [1.807, 2.05) is 6.08 Å². The lowest BCUT2D eigenvalue weighted by atomic mass is 10.2. The number of hydrogen-bond acceptors (Lipinski definition) is 4. The largest absolute Gasteiger partial charge is 0.457 e. The van der Waals surface area contributed by atoms with Gasteiger partial charge in [-0.25, -0.2) is 0 Å². The van der Waals surface area contributed by atoms with Gasteiger partial charge in [0.15, 0.2) is 0 Å². The first-order valence-corrected chi connectivity index (χ1v) is 19.4. The van der Waals surface area contributed by atoms with Crippen molar-refractivity contribution in [3.63, 3.8) is 0 Å². The average molecular weight is 699 g/mol. The number of unbranched alkanes of at least 4 members (excludes halogenated alkanes) is 1. The molecule has 0 radical (unpaired) electrons. The third kappa shape index (κ3) is 40.6. The van der Waals surface area contributed by atoms with Crippen LogP contribution in [0.4, 0.5) is 0 Å². The van der Waals surface area contributed by atoms with E-state index < -0.39 is 6.10 Å². The molecule has 0 saturated heterocycles. The molecule has 51 heavy (non-hydrogen) atoms. The molecule has 0 heterocycles.